The molecule has 2 amide bonds. The quantitative estimate of drug-likeness (QED) is 0.629. The van der Waals surface area contributed by atoms with Crippen LogP contribution in [0.15, 0.2) is 41.8 Å². The summed E-state index contributed by atoms with van der Waals surface area (Å²) in [4.78, 5) is 25.8. The lowest BCUT2D eigenvalue weighted by molar-refractivity contribution is -0.116. The van der Waals surface area contributed by atoms with Crippen LogP contribution in [-0.4, -0.2) is 28.4 Å². The number of carbonyl (C=O) groups excluding carboxylic acids is 2. The highest BCUT2D eigenvalue weighted by molar-refractivity contribution is 7.10. The van der Waals surface area contributed by atoms with Crippen LogP contribution in [0.3, 0.4) is 0 Å². The SMILES string of the molecule is Cn1nc(NC(=O)C=Cc2ccc3c(c2)OCO3)c2c1NC(=O)CC2c1cccs1. The van der Waals surface area contributed by atoms with Crippen molar-refractivity contribution < 1.29 is 19.1 Å². The smallest absolute Gasteiger partial charge is 0.249 e. The number of rotatable bonds is 4. The molecule has 0 bridgehead atoms. The fraction of sp³-hybridized carbons (Fsp3) is 0.190. The second-order valence-corrected chi connectivity index (χ2v) is 7.97. The first-order chi connectivity index (χ1) is 14.6. The molecule has 1 unspecified atom stereocenters. The summed E-state index contributed by atoms with van der Waals surface area (Å²) in [6.07, 6.45) is 3.46. The summed E-state index contributed by atoms with van der Waals surface area (Å²) < 4.78 is 12.2. The molecule has 152 valence electrons. The minimum Gasteiger partial charge on any atom is -0.454 e. The van der Waals surface area contributed by atoms with Crippen LogP contribution in [0.25, 0.3) is 6.08 Å². The van der Waals surface area contributed by atoms with E-state index in [1.165, 1.54) is 6.08 Å². The molecule has 2 N–H and O–H groups in total. The van der Waals surface area contributed by atoms with Crippen LogP contribution in [0.4, 0.5) is 11.6 Å². The van der Waals surface area contributed by atoms with E-state index in [1.807, 2.05) is 35.7 Å². The molecule has 8 nitrogen and oxygen atoms in total. The van der Waals surface area contributed by atoms with E-state index in [0.717, 1.165) is 16.0 Å². The lowest BCUT2D eigenvalue weighted by atomic mass is 9.92. The number of aromatic nitrogens is 2. The van der Waals surface area contributed by atoms with Crippen molar-refractivity contribution in [3.8, 4) is 11.5 Å². The average Bonchev–Trinajstić information content (AvgIpc) is 3.47. The van der Waals surface area contributed by atoms with E-state index in [0.29, 0.717) is 29.6 Å². The van der Waals surface area contributed by atoms with Crippen molar-refractivity contribution >= 4 is 40.9 Å². The zero-order chi connectivity index (χ0) is 20.7. The van der Waals surface area contributed by atoms with Crippen LogP contribution in [0.5, 0.6) is 11.5 Å². The van der Waals surface area contributed by atoms with Crippen molar-refractivity contribution in [1.29, 1.82) is 0 Å². The van der Waals surface area contributed by atoms with Crippen LogP contribution in [-0.2, 0) is 16.6 Å². The van der Waals surface area contributed by atoms with E-state index in [-0.39, 0.29) is 24.5 Å². The average molecular weight is 422 g/mol. The molecule has 0 fully saturated rings. The molecular formula is C21H18N4O4S. The van der Waals surface area contributed by atoms with Gasteiger partial charge >= 0.3 is 0 Å². The summed E-state index contributed by atoms with van der Waals surface area (Å²) in [5.41, 5.74) is 1.64. The Kier molecular flexibility index (Phi) is 4.51. The topological polar surface area (TPSA) is 94.5 Å². The molecule has 30 heavy (non-hydrogen) atoms. The molecule has 0 spiro atoms. The monoisotopic (exact) mass is 422 g/mol. The van der Waals surface area contributed by atoms with E-state index < -0.39 is 0 Å². The van der Waals surface area contributed by atoms with Crippen LogP contribution in [0.2, 0.25) is 0 Å². The van der Waals surface area contributed by atoms with Crippen LogP contribution in [0, 0.1) is 0 Å². The summed E-state index contributed by atoms with van der Waals surface area (Å²) in [6, 6.07) is 9.42. The Morgan fingerprint density at radius 2 is 2.20 bits per heavy atom. The molecule has 2 aromatic heterocycles. The standard InChI is InChI=1S/C21H18N4O4S/c1-25-21-19(13(10-18(27)23-21)16-3-2-8-30-16)20(24-25)22-17(26)7-5-12-4-6-14-15(9-12)29-11-28-14/h2-9,13H,10-11H2,1H3,(H,23,27)(H,22,24,26). The predicted molar refractivity (Wildman–Crippen MR) is 113 cm³/mol. The molecule has 4 heterocycles. The van der Waals surface area contributed by atoms with Gasteiger partial charge in [-0.05, 0) is 35.2 Å². The van der Waals surface area contributed by atoms with Crippen LogP contribution < -0.4 is 20.1 Å². The Morgan fingerprint density at radius 1 is 1.33 bits per heavy atom. The zero-order valence-corrected chi connectivity index (χ0v) is 16.9. The van der Waals surface area contributed by atoms with E-state index in [4.69, 9.17) is 9.47 Å². The summed E-state index contributed by atoms with van der Waals surface area (Å²) >= 11 is 1.58. The summed E-state index contributed by atoms with van der Waals surface area (Å²) in [7, 11) is 1.74. The maximum absolute atomic E-state index is 12.6. The Labute approximate surface area is 176 Å². The van der Waals surface area contributed by atoms with Crippen molar-refractivity contribution in [3.05, 3.63) is 57.8 Å². The first-order valence-corrected chi connectivity index (χ1v) is 10.3. The van der Waals surface area contributed by atoms with Crippen molar-refractivity contribution in [2.75, 3.05) is 17.4 Å². The zero-order valence-electron chi connectivity index (χ0n) is 16.0. The highest BCUT2D eigenvalue weighted by atomic mass is 32.1. The first kappa shape index (κ1) is 18.4. The van der Waals surface area contributed by atoms with Gasteiger partial charge < -0.3 is 20.1 Å². The maximum Gasteiger partial charge on any atom is 0.249 e. The number of carbonyl (C=O) groups is 2. The van der Waals surface area contributed by atoms with Gasteiger partial charge in [0.25, 0.3) is 0 Å². The molecule has 1 aromatic carbocycles. The number of nitrogens with one attached hydrogen (secondary N) is 2. The molecule has 2 aliphatic heterocycles. The first-order valence-electron chi connectivity index (χ1n) is 9.37. The van der Waals surface area contributed by atoms with Crippen molar-refractivity contribution in [1.82, 2.24) is 9.78 Å². The number of hydrogen-bond donors (Lipinski definition) is 2. The molecule has 2 aliphatic rings. The van der Waals surface area contributed by atoms with E-state index in [9.17, 15) is 9.59 Å². The number of ether oxygens (including phenoxy) is 2. The van der Waals surface area contributed by atoms with Gasteiger partial charge in [0.15, 0.2) is 17.3 Å². The fourth-order valence-electron chi connectivity index (χ4n) is 3.66. The van der Waals surface area contributed by atoms with E-state index >= 15 is 0 Å². The van der Waals surface area contributed by atoms with Crippen LogP contribution in [0.1, 0.15) is 28.3 Å². The lowest BCUT2D eigenvalue weighted by Gasteiger charge is -2.22. The Balaban J connectivity index is 1.39. The number of nitrogens with zero attached hydrogens (tertiary/aromatic N) is 2. The summed E-state index contributed by atoms with van der Waals surface area (Å²) in [5.74, 6) is 1.89. The Hall–Kier alpha value is -3.59. The molecule has 5 rings (SSSR count). The number of thiophene rings is 1. The van der Waals surface area contributed by atoms with Gasteiger partial charge in [0.2, 0.25) is 18.6 Å². The number of aryl methyl sites for hydroxylation is 1. The lowest BCUT2D eigenvalue weighted by Crippen LogP contribution is -2.24. The molecule has 3 aromatic rings. The van der Waals surface area contributed by atoms with Crippen molar-refractivity contribution in [2.24, 2.45) is 7.05 Å². The summed E-state index contributed by atoms with van der Waals surface area (Å²) in [6.45, 7) is 0.204. The minimum atomic E-state index is -0.310. The van der Waals surface area contributed by atoms with Gasteiger partial charge in [-0.15, -0.1) is 11.3 Å². The highest BCUT2D eigenvalue weighted by Gasteiger charge is 2.33. The molecule has 9 heteroatoms. The van der Waals surface area contributed by atoms with Gasteiger partial charge in [-0.1, -0.05) is 12.1 Å². The maximum atomic E-state index is 12.6. The third kappa shape index (κ3) is 3.33. The third-order valence-corrected chi connectivity index (χ3v) is 6.02. The minimum absolute atomic E-state index is 0.0653. The van der Waals surface area contributed by atoms with Crippen molar-refractivity contribution in [2.45, 2.75) is 12.3 Å². The number of hydrogen-bond acceptors (Lipinski definition) is 6. The van der Waals surface area contributed by atoms with Crippen molar-refractivity contribution in [3.63, 3.8) is 0 Å². The van der Waals surface area contributed by atoms with Gasteiger partial charge in [0.1, 0.15) is 5.82 Å². The molecule has 0 aliphatic carbocycles. The third-order valence-electron chi connectivity index (χ3n) is 5.03. The van der Waals surface area contributed by atoms with Gasteiger partial charge in [0, 0.05) is 35.9 Å². The predicted octanol–water partition coefficient (Wildman–Crippen LogP) is 3.34. The number of amides is 2. The van der Waals surface area contributed by atoms with Gasteiger partial charge in [0.05, 0.1) is 0 Å². The Morgan fingerprint density at radius 3 is 3.03 bits per heavy atom. The number of fused-ring (bicyclic) bond motifs is 2. The Bertz CT molecular complexity index is 1170. The van der Waals surface area contributed by atoms with E-state index in [1.54, 1.807) is 29.1 Å². The normalized spacial score (nSPS) is 17.1. The van der Waals surface area contributed by atoms with Gasteiger partial charge in [-0.2, -0.15) is 5.10 Å². The van der Waals surface area contributed by atoms with Crippen LogP contribution >= 0.6 is 11.3 Å². The fourth-order valence-corrected chi connectivity index (χ4v) is 4.50. The molecular weight excluding hydrogens is 404 g/mol. The largest absolute Gasteiger partial charge is 0.454 e. The van der Waals surface area contributed by atoms with Gasteiger partial charge in [-0.25, -0.2) is 0 Å². The molecule has 0 saturated carbocycles. The summed E-state index contributed by atoms with van der Waals surface area (Å²) in [5, 5.41) is 12.1. The molecule has 0 radical (unpaired) electrons. The molecule has 1 atom stereocenters. The molecule has 0 saturated heterocycles. The van der Waals surface area contributed by atoms with Gasteiger partial charge in [-0.3, -0.25) is 14.3 Å². The number of benzene rings is 1. The second kappa shape index (κ2) is 7.34. The van der Waals surface area contributed by atoms with E-state index in [2.05, 4.69) is 15.7 Å². The second-order valence-electron chi connectivity index (χ2n) is 6.99. The number of anilines is 2. The highest BCUT2D eigenvalue weighted by Crippen LogP contribution is 2.42.